The van der Waals surface area contributed by atoms with E-state index in [2.05, 4.69) is 23.8 Å². The molecule has 1 aliphatic carbocycles. The summed E-state index contributed by atoms with van der Waals surface area (Å²) >= 11 is 0. The van der Waals surface area contributed by atoms with Gasteiger partial charge in [-0.2, -0.15) is 8.78 Å². The minimum absolute atomic E-state index is 0.138. The summed E-state index contributed by atoms with van der Waals surface area (Å²) in [5.41, 5.74) is -2.42. The van der Waals surface area contributed by atoms with Crippen LogP contribution in [0.2, 0.25) is 0 Å². The van der Waals surface area contributed by atoms with Crippen molar-refractivity contribution >= 4 is 0 Å². The lowest BCUT2D eigenvalue weighted by atomic mass is 9.77. The SMILES string of the molecule is CCC=CCC1CCC(c2ccc(-c3cc(F)c(C(F)(F)Oc4ccc(-c5cc(F)c(F)c(F)c5)c(F)c4)c(F)c3)c(F)c2)CC1. The Morgan fingerprint density at radius 1 is 0.652 bits per heavy atom. The third-order valence-electron chi connectivity index (χ3n) is 8.31. The quantitative estimate of drug-likeness (QED) is 0.0997. The van der Waals surface area contributed by atoms with Gasteiger partial charge in [-0.1, -0.05) is 31.2 Å². The van der Waals surface area contributed by atoms with E-state index in [1.807, 2.05) is 0 Å². The number of halogens is 9. The molecule has 1 saturated carbocycles. The number of allylic oxidation sites excluding steroid dienone is 2. The van der Waals surface area contributed by atoms with Gasteiger partial charge in [0.2, 0.25) is 0 Å². The van der Waals surface area contributed by atoms with E-state index in [1.54, 1.807) is 6.07 Å². The molecule has 0 bridgehead atoms. The molecule has 0 saturated heterocycles. The van der Waals surface area contributed by atoms with Gasteiger partial charge in [0.1, 0.15) is 34.6 Å². The van der Waals surface area contributed by atoms with Crippen molar-refractivity contribution in [2.24, 2.45) is 5.92 Å². The van der Waals surface area contributed by atoms with E-state index < -0.39 is 69.3 Å². The van der Waals surface area contributed by atoms with Gasteiger partial charge < -0.3 is 4.74 Å². The average Bonchev–Trinajstić information content (AvgIpc) is 2.99. The molecule has 1 fully saturated rings. The molecule has 1 nitrogen and oxygen atoms in total. The summed E-state index contributed by atoms with van der Waals surface area (Å²) < 4.78 is 135. The maximum atomic E-state index is 15.2. The van der Waals surface area contributed by atoms with Crippen molar-refractivity contribution in [3.05, 3.63) is 125 Å². The van der Waals surface area contributed by atoms with Gasteiger partial charge in [0.15, 0.2) is 17.5 Å². The maximum absolute atomic E-state index is 15.2. The molecule has 4 aromatic carbocycles. The second-order valence-electron chi connectivity index (χ2n) is 11.4. The molecule has 5 rings (SSSR count). The monoisotopic (exact) mass is 648 g/mol. The molecule has 0 radical (unpaired) electrons. The van der Waals surface area contributed by atoms with Crippen LogP contribution >= 0.6 is 0 Å². The van der Waals surface area contributed by atoms with E-state index in [0.29, 0.717) is 36.2 Å². The van der Waals surface area contributed by atoms with Crippen LogP contribution < -0.4 is 4.74 Å². The fraction of sp³-hybridized carbons (Fsp3) is 0.278. The van der Waals surface area contributed by atoms with E-state index in [1.165, 1.54) is 12.1 Å². The van der Waals surface area contributed by atoms with Crippen LogP contribution in [-0.2, 0) is 6.11 Å². The Hall–Kier alpha value is -4.21. The predicted molar refractivity (Wildman–Crippen MR) is 157 cm³/mol. The van der Waals surface area contributed by atoms with E-state index in [9.17, 15) is 17.6 Å². The van der Waals surface area contributed by atoms with Crippen molar-refractivity contribution in [2.75, 3.05) is 0 Å². The van der Waals surface area contributed by atoms with Gasteiger partial charge in [-0.3, -0.25) is 0 Å². The molecule has 0 aliphatic heterocycles. The molecule has 0 unspecified atom stereocenters. The molecule has 46 heavy (non-hydrogen) atoms. The standard InChI is InChI=1S/C36H29F9O/c1-2-3-4-5-20-6-8-21(9-7-20)22-10-12-26(28(37)14-22)23-15-30(39)34(31(40)16-23)36(44,45)46-25-11-13-27(29(38)19-25)24-17-32(41)35(43)33(42)18-24/h3-4,10-21H,2,5-9H2,1H3. The Balaban J connectivity index is 1.32. The van der Waals surface area contributed by atoms with Gasteiger partial charge in [0.05, 0.1) is 0 Å². The number of hydrogen-bond acceptors (Lipinski definition) is 1. The van der Waals surface area contributed by atoms with Crippen molar-refractivity contribution in [3.8, 4) is 28.0 Å². The lowest BCUT2D eigenvalue weighted by molar-refractivity contribution is -0.189. The first-order valence-electron chi connectivity index (χ1n) is 14.8. The molecular formula is C36H29F9O. The Labute approximate surface area is 260 Å². The van der Waals surface area contributed by atoms with Crippen LogP contribution in [-0.4, -0.2) is 0 Å². The van der Waals surface area contributed by atoms with Crippen LogP contribution in [0.25, 0.3) is 22.3 Å². The Morgan fingerprint density at radius 2 is 1.20 bits per heavy atom. The number of ether oxygens (including phenoxy) is 1. The van der Waals surface area contributed by atoms with Gasteiger partial charge in [-0.05, 0) is 110 Å². The van der Waals surface area contributed by atoms with Crippen LogP contribution in [0.5, 0.6) is 5.75 Å². The van der Waals surface area contributed by atoms with Gasteiger partial charge in [-0.15, -0.1) is 0 Å². The molecule has 0 atom stereocenters. The zero-order chi connectivity index (χ0) is 33.2. The summed E-state index contributed by atoms with van der Waals surface area (Å²) in [5, 5.41) is 0. The lowest BCUT2D eigenvalue weighted by Gasteiger charge is -2.28. The fourth-order valence-electron chi connectivity index (χ4n) is 5.92. The van der Waals surface area contributed by atoms with Crippen LogP contribution in [0, 0.1) is 46.6 Å². The molecule has 10 heteroatoms. The molecule has 1 aliphatic rings. The minimum Gasteiger partial charge on any atom is -0.429 e. The van der Waals surface area contributed by atoms with Gasteiger partial charge >= 0.3 is 6.11 Å². The summed E-state index contributed by atoms with van der Waals surface area (Å²) in [4.78, 5) is 0. The second-order valence-corrected chi connectivity index (χ2v) is 11.4. The smallest absolute Gasteiger partial charge is 0.429 e. The predicted octanol–water partition coefficient (Wildman–Crippen LogP) is 11.8. The zero-order valence-electron chi connectivity index (χ0n) is 24.6. The molecular weight excluding hydrogens is 619 g/mol. The highest BCUT2D eigenvalue weighted by atomic mass is 19.3. The minimum atomic E-state index is -4.65. The van der Waals surface area contributed by atoms with E-state index in [-0.39, 0.29) is 17.0 Å². The highest BCUT2D eigenvalue weighted by molar-refractivity contribution is 5.66. The van der Waals surface area contributed by atoms with Gasteiger partial charge in [0, 0.05) is 17.2 Å². The molecule has 0 heterocycles. The van der Waals surface area contributed by atoms with Crippen LogP contribution in [0.1, 0.15) is 62.5 Å². The van der Waals surface area contributed by atoms with Crippen molar-refractivity contribution in [3.63, 3.8) is 0 Å². The Kier molecular flexibility index (Phi) is 9.84. The zero-order valence-corrected chi connectivity index (χ0v) is 24.6. The van der Waals surface area contributed by atoms with Gasteiger partial charge in [0.25, 0.3) is 0 Å². The number of benzene rings is 4. The summed E-state index contributed by atoms with van der Waals surface area (Å²) in [6, 6.07) is 8.51. The van der Waals surface area contributed by atoms with Crippen molar-refractivity contribution in [1.82, 2.24) is 0 Å². The molecule has 0 amide bonds. The topological polar surface area (TPSA) is 9.23 Å². The number of alkyl halides is 2. The van der Waals surface area contributed by atoms with E-state index in [0.717, 1.165) is 56.2 Å². The van der Waals surface area contributed by atoms with Crippen LogP contribution in [0.4, 0.5) is 39.5 Å². The lowest BCUT2D eigenvalue weighted by Crippen LogP contribution is -2.25. The van der Waals surface area contributed by atoms with Gasteiger partial charge in [-0.25, -0.2) is 30.7 Å². The fourth-order valence-corrected chi connectivity index (χ4v) is 5.92. The highest BCUT2D eigenvalue weighted by Gasteiger charge is 2.41. The summed E-state index contributed by atoms with van der Waals surface area (Å²) in [6.07, 6.45) is 5.44. The Bertz CT molecular complexity index is 1710. The third kappa shape index (κ3) is 7.11. The first-order chi connectivity index (χ1) is 21.9. The summed E-state index contributed by atoms with van der Waals surface area (Å²) in [6.45, 7) is 2.08. The third-order valence-corrected chi connectivity index (χ3v) is 8.31. The van der Waals surface area contributed by atoms with Crippen LogP contribution in [0.3, 0.4) is 0 Å². The molecule has 0 N–H and O–H groups in total. The second kappa shape index (κ2) is 13.6. The van der Waals surface area contributed by atoms with Crippen LogP contribution in [0.15, 0.2) is 72.8 Å². The molecule has 0 aromatic heterocycles. The first-order valence-corrected chi connectivity index (χ1v) is 14.8. The largest absolute Gasteiger partial charge is 0.432 e. The molecule has 242 valence electrons. The van der Waals surface area contributed by atoms with E-state index >= 15 is 22.0 Å². The summed E-state index contributed by atoms with van der Waals surface area (Å²) in [5.74, 6) is -10.6. The Morgan fingerprint density at radius 3 is 1.74 bits per heavy atom. The van der Waals surface area contributed by atoms with Crippen molar-refractivity contribution in [2.45, 2.75) is 57.5 Å². The van der Waals surface area contributed by atoms with E-state index in [4.69, 9.17) is 0 Å². The average molecular weight is 649 g/mol. The normalized spacial score (nSPS) is 17.1. The maximum Gasteiger partial charge on any atom is 0.432 e. The molecule has 0 spiro atoms. The molecule has 4 aromatic rings. The summed E-state index contributed by atoms with van der Waals surface area (Å²) in [7, 11) is 0. The first kappa shape index (κ1) is 33.2. The van der Waals surface area contributed by atoms with Crippen molar-refractivity contribution < 1.29 is 44.3 Å². The van der Waals surface area contributed by atoms with Crippen molar-refractivity contribution in [1.29, 1.82) is 0 Å². The number of rotatable bonds is 9. The number of hydrogen-bond donors (Lipinski definition) is 0. The highest BCUT2D eigenvalue weighted by Crippen LogP contribution is 2.41.